The predicted molar refractivity (Wildman–Crippen MR) is 78.5 cm³/mol. The Balaban J connectivity index is 2.93. The summed E-state index contributed by atoms with van der Waals surface area (Å²) in [6, 6.07) is 3.52. The molecule has 0 fully saturated rings. The van der Waals surface area contributed by atoms with Crippen molar-refractivity contribution in [2.24, 2.45) is 11.7 Å². The minimum absolute atomic E-state index is 0.164. The van der Waals surface area contributed by atoms with E-state index in [1.165, 1.54) is 0 Å². The van der Waals surface area contributed by atoms with Crippen LogP contribution < -0.4 is 11.1 Å². The SMILES string of the molecule is Cc1cc(Br)c(NC(=O)C(C)C(N)=S)cc1Cl. The minimum Gasteiger partial charge on any atom is -0.393 e. The van der Waals surface area contributed by atoms with E-state index in [-0.39, 0.29) is 10.9 Å². The van der Waals surface area contributed by atoms with Crippen LogP contribution in [0.4, 0.5) is 5.69 Å². The first-order valence-electron chi connectivity index (χ1n) is 4.88. The third kappa shape index (κ3) is 3.66. The molecule has 3 nitrogen and oxygen atoms in total. The average Bonchev–Trinajstić information content (AvgIpc) is 2.24. The zero-order valence-electron chi connectivity index (χ0n) is 9.38. The molecule has 1 aromatic rings. The van der Waals surface area contributed by atoms with Gasteiger partial charge in [-0.3, -0.25) is 4.79 Å². The predicted octanol–water partition coefficient (Wildman–Crippen LogP) is 3.27. The highest BCUT2D eigenvalue weighted by Crippen LogP contribution is 2.29. The van der Waals surface area contributed by atoms with Crippen LogP contribution in [-0.2, 0) is 4.79 Å². The molecule has 6 heteroatoms. The van der Waals surface area contributed by atoms with Gasteiger partial charge in [0.15, 0.2) is 0 Å². The van der Waals surface area contributed by atoms with Crippen molar-refractivity contribution in [2.75, 3.05) is 5.32 Å². The molecule has 1 aromatic carbocycles. The van der Waals surface area contributed by atoms with E-state index in [1.54, 1.807) is 13.0 Å². The van der Waals surface area contributed by atoms with Crippen molar-refractivity contribution < 1.29 is 4.79 Å². The summed E-state index contributed by atoms with van der Waals surface area (Å²) in [4.78, 5) is 11.9. The Morgan fingerprint density at radius 3 is 2.71 bits per heavy atom. The second-order valence-corrected chi connectivity index (χ2v) is 5.43. The second kappa shape index (κ2) is 5.80. The number of hydrogen-bond donors (Lipinski definition) is 2. The molecule has 0 bridgehead atoms. The van der Waals surface area contributed by atoms with Crippen molar-refractivity contribution >= 4 is 56.3 Å². The number of thiocarbonyl (C=S) groups is 1. The summed E-state index contributed by atoms with van der Waals surface area (Å²) in [5.41, 5.74) is 6.95. The summed E-state index contributed by atoms with van der Waals surface area (Å²) in [6.07, 6.45) is 0. The Labute approximate surface area is 119 Å². The standard InChI is InChI=1S/C11H12BrClN2OS/c1-5-3-7(12)9(4-8(5)13)15-11(16)6(2)10(14)17/h3-4,6H,1-2H3,(H2,14,17)(H,15,16). The lowest BCUT2D eigenvalue weighted by Crippen LogP contribution is -2.30. The number of amides is 1. The molecule has 0 saturated heterocycles. The molecule has 3 N–H and O–H groups in total. The number of anilines is 1. The number of nitrogens with two attached hydrogens (primary N) is 1. The van der Waals surface area contributed by atoms with Gasteiger partial charge in [-0.25, -0.2) is 0 Å². The van der Waals surface area contributed by atoms with Crippen molar-refractivity contribution in [3.05, 3.63) is 27.2 Å². The number of benzene rings is 1. The molecule has 17 heavy (non-hydrogen) atoms. The maximum absolute atomic E-state index is 11.8. The third-order valence-corrected chi connectivity index (χ3v) is 3.74. The summed E-state index contributed by atoms with van der Waals surface area (Å²) < 4.78 is 0.767. The molecular formula is C11H12BrClN2OS. The van der Waals surface area contributed by atoms with Crippen LogP contribution in [0.5, 0.6) is 0 Å². The molecule has 0 aliphatic carbocycles. The number of aryl methyl sites for hydroxylation is 1. The van der Waals surface area contributed by atoms with Crippen molar-refractivity contribution in [1.29, 1.82) is 0 Å². The number of carbonyl (C=O) groups is 1. The fraction of sp³-hybridized carbons (Fsp3) is 0.273. The van der Waals surface area contributed by atoms with Gasteiger partial charge >= 0.3 is 0 Å². The van der Waals surface area contributed by atoms with Crippen molar-refractivity contribution in [3.8, 4) is 0 Å². The van der Waals surface area contributed by atoms with Crippen LogP contribution in [0, 0.1) is 12.8 Å². The molecule has 0 aromatic heterocycles. The maximum atomic E-state index is 11.8. The number of halogens is 2. The van der Waals surface area contributed by atoms with Crippen LogP contribution >= 0.6 is 39.7 Å². The van der Waals surface area contributed by atoms with Crippen molar-refractivity contribution in [3.63, 3.8) is 0 Å². The van der Waals surface area contributed by atoms with Crippen molar-refractivity contribution in [2.45, 2.75) is 13.8 Å². The number of nitrogens with one attached hydrogen (secondary N) is 1. The number of hydrogen-bond acceptors (Lipinski definition) is 2. The fourth-order valence-corrected chi connectivity index (χ4v) is 1.94. The van der Waals surface area contributed by atoms with Gasteiger partial charge in [-0.05, 0) is 47.5 Å². The quantitative estimate of drug-likeness (QED) is 0.834. The third-order valence-electron chi connectivity index (χ3n) is 2.33. The molecule has 0 aliphatic heterocycles. The van der Waals surface area contributed by atoms with Crippen LogP contribution in [0.2, 0.25) is 5.02 Å². The van der Waals surface area contributed by atoms with Crippen LogP contribution in [0.1, 0.15) is 12.5 Å². The van der Waals surface area contributed by atoms with Gasteiger partial charge in [-0.2, -0.15) is 0 Å². The monoisotopic (exact) mass is 334 g/mol. The zero-order chi connectivity index (χ0) is 13.2. The molecule has 0 saturated carbocycles. The van der Waals surface area contributed by atoms with E-state index >= 15 is 0 Å². The van der Waals surface area contributed by atoms with Gasteiger partial charge in [0, 0.05) is 9.50 Å². The van der Waals surface area contributed by atoms with Gasteiger partial charge in [0.25, 0.3) is 0 Å². The summed E-state index contributed by atoms with van der Waals surface area (Å²) >= 11 is 14.1. The summed E-state index contributed by atoms with van der Waals surface area (Å²) in [5.74, 6) is -0.768. The van der Waals surface area contributed by atoms with E-state index in [0.717, 1.165) is 10.0 Å². The lowest BCUT2D eigenvalue weighted by atomic mass is 10.1. The lowest BCUT2D eigenvalue weighted by molar-refractivity contribution is -0.117. The largest absolute Gasteiger partial charge is 0.393 e. The first-order chi connectivity index (χ1) is 7.82. The molecule has 0 aliphatic rings. The Bertz CT molecular complexity index is 479. The van der Waals surface area contributed by atoms with E-state index in [2.05, 4.69) is 21.2 Å². The van der Waals surface area contributed by atoms with Crippen LogP contribution in [0.25, 0.3) is 0 Å². The molecule has 92 valence electrons. The van der Waals surface area contributed by atoms with Gasteiger partial charge in [0.2, 0.25) is 5.91 Å². The molecule has 0 radical (unpaired) electrons. The summed E-state index contributed by atoms with van der Waals surface area (Å²) in [5, 5.41) is 3.31. The van der Waals surface area contributed by atoms with Gasteiger partial charge in [-0.1, -0.05) is 23.8 Å². The Kier molecular flexibility index (Phi) is 4.91. The first kappa shape index (κ1) is 14.4. The normalized spacial score (nSPS) is 12.0. The lowest BCUT2D eigenvalue weighted by Gasteiger charge is -2.13. The van der Waals surface area contributed by atoms with Gasteiger partial charge in [0.05, 0.1) is 16.6 Å². The summed E-state index contributed by atoms with van der Waals surface area (Å²) in [6.45, 7) is 3.54. The van der Waals surface area contributed by atoms with Gasteiger partial charge in [-0.15, -0.1) is 0 Å². The average molecular weight is 336 g/mol. The van der Waals surface area contributed by atoms with Crippen LogP contribution in [-0.4, -0.2) is 10.9 Å². The molecule has 0 heterocycles. The van der Waals surface area contributed by atoms with E-state index in [9.17, 15) is 4.79 Å². The Morgan fingerprint density at radius 1 is 1.59 bits per heavy atom. The maximum Gasteiger partial charge on any atom is 0.234 e. The van der Waals surface area contributed by atoms with E-state index in [4.69, 9.17) is 29.6 Å². The van der Waals surface area contributed by atoms with Crippen LogP contribution in [0.15, 0.2) is 16.6 Å². The zero-order valence-corrected chi connectivity index (χ0v) is 12.5. The van der Waals surface area contributed by atoms with Gasteiger partial charge in [0.1, 0.15) is 0 Å². The molecule has 1 unspecified atom stereocenters. The molecular weight excluding hydrogens is 324 g/mol. The first-order valence-corrected chi connectivity index (χ1v) is 6.46. The van der Waals surface area contributed by atoms with E-state index in [1.807, 2.05) is 13.0 Å². The smallest absolute Gasteiger partial charge is 0.234 e. The molecule has 1 amide bonds. The van der Waals surface area contributed by atoms with E-state index in [0.29, 0.717) is 10.7 Å². The minimum atomic E-state index is -0.517. The highest BCUT2D eigenvalue weighted by Gasteiger charge is 2.17. The topological polar surface area (TPSA) is 55.1 Å². The summed E-state index contributed by atoms with van der Waals surface area (Å²) in [7, 11) is 0. The highest BCUT2D eigenvalue weighted by atomic mass is 79.9. The fourth-order valence-electron chi connectivity index (χ4n) is 1.11. The number of rotatable bonds is 3. The highest BCUT2D eigenvalue weighted by molar-refractivity contribution is 9.10. The Hall–Kier alpha value is -0.650. The number of carbonyl (C=O) groups excluding carboxylic acids is 1. The van der Waals surface area contributed by atoms with Gasteiger partial charge < -0.3 is 11.1 Å². The molecule has 1 rings (SSSR count). The molecule has 1 atom stereocenters. The van der Waals surface area contributed by atoms with Crippen LogP contribution in [0.3, 0.4) is 0 Å². The van der Waals surface area contributed by atoms with E-state index < -0.39 is 5.92 Å². The second-order valence-electron chi connectivity index (χ2n) is 3.69. The molecule has 0 spiro atoms. The van der Waals surface area contributed by atoms with Crippen molar-refractivity contribution in [1.82, 2.24) is 0 Å². The Morgan fingerprint density at radius 2 is 2.18 bits per heavy atom.